The maximum atomic E-state index is 12.0. The monoisotopic (exact) mass is 292 g/mol. The van der Waals surface area contributed by atoms with Crippen LogP contribution in [0.1, 0.15) is 71.1 Å². The molecule has 3 nitrogen and oxygen atoms in total. The summed E-state index contributed by atoms with van der Waals surface area (Å²) in [6.07, 6.45) is 14.4. The third kappa shape index (κ3) is 5.82. The van der Waals surface area contributed by atoms with Gasteiger partial charge in [-0.15, -0.1) is 0 Å². The van der Waals surface area contributed by atoms with Gasteiger partial charge < -0.3 is 5.32 Å². The molecule has 0 saturated carbocycles. The van der Waals surface area contributed by atoms with Crippen molar-refractivity contribution in [2.24, 2.45) is 0 Å². The van der Waals surface area contributed by atoms with Gasteiger partial charge in [0.2, 0.25) is 5.91 Å². The van der Waals surface area contributed by atoms with Crippen LogP contribution in [-0.4, -0.2) is 36.5 Å². The second-order valence-electron chi connectivity index (χ2n) is 6.55. The van der Waals surface area contributed by atoms with Gasteiger partial charge in [-0.25, -0.2) is 0 Å². The lowest BCUT2D eigenvalue weighted by atomic mass is 9.97. The summed E-state index contributed by atoms with van der Waals surface area (Å²) >= 11 is 0. The molecule has 1 saturated heterocycles. The summed E-state index contributed by atoms with van der Waals surface area (Å²) in [5.41, 5.74) is 1.55. The van der Waals surface area contributed by atoms with E-state index in [1.54, 1.807) is 5.57 Å². The number of nitrogens with zero attached hydrogens (tertiary/aromatic N) is 1. The highest BCUT2D eigenvalue weighted by atomic mass is 16.1. The maximum absolute atomic E-state index is 12.0. The first-order valence-corrected chi connectivity index (χ1v) is 8.98. The van der Waals surface area contributed by atoms with Crippen molar-refractivity contribution in [2.75, 3.05) is 19.6 Å². The summed E-state index contributed by atoms with van der Waals surface area (Å²) in [6, 6.07) is 0.707. The average molecular weight is 292 g/mol. The van der Waals surface area contributed by atoms with Gasteiger partial charge in [-0.3, -0.25) is 9.69 Å². The molecule has 0 bridgehead atoms. The Hall–Kier alpha value is -0.830. The van der Waals surface area contributed by atoms with E-state index in [0.29, 0.717) is 12.5 Å². The van der Waals surface area contributed by atoms with Crippen LogP contribution < -0.4 is 5.32 Å². The van der Waals surface area contributed by atoms with Crippen LogP contribution in [0.15, 0.2) is 11.6 Å². The molecular weight excluding hydrogens is 260 g/mol. The number of allylic oxidation sites excluding steroid dienone is 1. The lowest BCUT2D eigenvalue weighted by molar-refractivity contribution is -0.121. The van der Waals surface area contributed by atoms with Crippen molar-refractivity contribution in [3.8, 4) is 0 Å². The normalized spacial score (nSPS) is 23.7. The molecule has 1 N–H and O–H groups in total. The Morgan fingerprint density at radius 2 is 2.24 bits per heavy atom. The molecular formula is C18H32N2O. The van der Waals surface area contributed by atoms with E-state index in [2.05, 4.69) is 23.2 Å². The van der Waals surface area contributed by atoms with Gasteiger partial charge >= 0.3 is 0 Å². The minimum atomic E-state index is 0.229. The van der Waals surface area contributed by atoms with Crippen molar-refractivity contribution in [3.05, 3.63) is 11.6 Å². The topological polar surface area (TPSA) is 32.3 Å². The smallest absolute Gasteiger partial charge is 0.221 e. The molecule has 0 aromatic carbocycles. The minimum Gasteiger partial charge on any atom is -0.356 e. The molecule has 0 aromatic heterocycles. The summed E-state index contributed by atoms with van der Waals surface area (Å²) in [5.74, 6) is 0.229. The second-order valence-corrected chi connectivity index (χ2v) is 6.55. The Kier molecular flexibility index (Phi) is 7.28. The Labute approximate surface area is 130 Å². The van der Waals surface area contributed by atoms with Gasteiger partial charge in [0.15, 0.2) is 0 Å². The van der Waals surface area contributed by atoms with Gasteiger partial charge in [-0.2, -0.15) is 0 Å². The quantitative estimate of drug-likeness (QED) is 0.726. The lowest BCUT2D eigenvalue weighted by Gasteiger charge is -2.35. The Balaban J connectivity index is 1.59. The van der Waals surface area contributed by atoms with Crippen molar-refractivity contribution < 1.29 is 4.79 Å². The zero-order chi connectivity index (χ0) is 14.9. The lowest BCUT2D eigenvalue weighted by Crippen LogP contribution is -2.41. The third-order valence-corrected chi connectivity index (χ3v) is 5.00. The Morgan fingerprint density at radius 1 is 1.33 bits per heavy atom. The zero-order valence-corrected chi connectivity index (χ0v) is 13.7. The molecule has 2 rings (SSSR count). The van der Waals surface area contributed by atoms with Crippen molar-refractivity contribution in [2.45, 2.75) is 77.2 Å². The molecule has 1 heterocycles. The highest BCUT2D eigenvalue weighted by Gasteiger charge is 2.20. The summed E-state index contributed by atoms with van der Waals surface area (Å²) < 4.78 is 0. The van der Waals surface area contributed by atoms with Crippen molar-refractivity contribution >= 4 is 5.91 Å². The molecule has 0 aromatic rings. The first-order valence-electron chi connectivity index (χ1n) is 8.98. The number of hydrogen-bond acceptors (Lipinski definition) is 2. The van der Waals surface area contributed by atoms with Crippen LogP contribution in [0.25, 0.3) is 0 Å². The van der Waals surface area contributed by atoms with Crippen molar-refractivity contribution in [1.29, 1.82) is 0 Å². The van der Waals surface area contributed by atoms with Crippen LogP contribution in [0.4, 0.5) is 0 Å². The fourth-order valence-electron chi connectivity index (χ4n) is 3.64. The Morgan fingerprint density at radius 3 is 3.00 bits per heavy atom. The highest BCUT2D eigenvalue weighted by molar-refractivity contribution is 5.76. The number of amides is 1. The molecule has 1 aliphatic carbocycles. The van der Waals surface area contributed by atoms with E-state index < -0.39 is 0 Å². The van der Waals surface area contributed by atoms with Crippen LogP contribution in [0.3, 0.4) is 0 Å². The van der Waals surface area contributed by atoms with Crippen LogP contribution in [-0.2, 0) is 4.79 Å². The van der Waals surface area contributed by atoms with E-state index in [-0.39, 0.29) is 5.91 Å². The Bertz CT molecular complexity index is 351. The van der Waals surface area contributed by atoms with E-state index in [0.717, 1.165) is 19.5 Å². The number of piperidine rings is 1. The molecule has 1 unspecified atom stereocenters. The van der Waals surface area contributed by atoms with Gasteiger partial charge in [0, 0.05) is 25.6 Å². The van der Waals surface area contributed by atoms with Gasteiger partial charge in [0.05, 0.1) is 0 Å². The summed E-state index contributed by atoms with van der Waals surface area (Å²) in [6.45, 7) is 5.20. The number of carbonyl (C=O) groups is 1. The molecule has 1 fully saturated rings. The highest BCUT2D eigenvalue weighted by Crippen LogP contribution is 2.20. The molecule has 1 aliphatic heterocycles. The standard InChI is InChI=1S/C18H32N2O/c1-2-17-10-6-7-14-20(17)15-12-18(21)19-13-11-16-8-4-3-5-9-16/h8,17H,2-7,9-15H2,1H3,(H,19,21). The first kappa shape index (κ1) is 16.5. The number of hydrogen-bond donors (Lipinski definition) is 1. The maximum Gasteiger partial charge on any atom is 0.221 e. The van der Waals surface area contributed by atoms with Crippen LogP contribution >= 0.6 is 0 Å². The van der Waals surface area contributed by atoms with Gasteiger partial charge in [-0.1, -0.05) is 25.0 Å². The van der Waals surface area contributed by atoms with E-state index >= 15 is 0 Å². The number of rotatable bonds is 7. The van der Waals surface area contributed by atoms with Crippen LogP contribution in [0.5, 0.6) is 0 Å². The minimum absolute atomic E-state index is 0.229. The summed E-state index contributed by atoms with van der Waals surface area (Å²) in [4.78, 5) is 14.5. The predicted molar refractivity (Wildman–Crippen MR) is 88.3 cm³/mol. The summed E-state index contributed by atoms with van der Waals surface area (Å²) in [5, 5.41) is 3.10. The first-order chi connectivity index (χ1) is 10.3. The molecule has 0 spiro atoms. The van der Waals surface area contributed by atoms with Crippen molar-refractivity contribution in [1.82, 2.24) is 10.2 Å². The average Bonchev–Trinajstić information content (AvgIpc) is 2.54. The molecule has 1 atom stereocenters. The van der Waals surface area contributed by atoms with Crippen molar-refractivity contribution in [3.63, 3.8) is 0 Å². The van der Waals surface area contributed by atoms with E-state index in [9.17, 15) is 4.79 Å². The number of likely N-dealkylation sites (tertiary alicyclic amines) is 1. The predicted octanol–water partition coefficient (Wildman–Crippen LogP) is 3.65. The van der Waals surface area contributed by atoms with Crippen LogP contribution in [0, 0.1) is 0 Å². The fourth-order valence-corrected chi connectivity index (χ4v) is 3.64. The van der Waals surface area contributed by atoms with Gasteiger partial charge in [0.1, 0.15) is 0 Å². The van der Waals surface area contributed by atoms with Gasteiger partial charge in [0.25, 0.3) is 0 Å². The molecule has 120 valence electrons. The third-order valence-electron chi connectivity index (χ3n) is 5.00. The second kappa shape index (κ2) is 9.24. The summed E-state index contributed by atoms with van der Waals surface area (Å²) in [7, 11) is 0. The molecule has 0 radical (unpaired) electrons. The number of nitrogens with one attached hydrogen (secondary N) is 1. The molecule has 2 aliphatic rings. The largest absolute Gasteiger partial charge is 0.356 e. The van der Waals surface area contributed by atoms with Gasteiger partial charge in [-0.05, 0) is 57.9 Å². The SMILES string of the molecule is CCC1CCCCN1CCC(=O)NCCC1=CCCCC1. The fraction of sp³-hybridized carbons (Fsp3) is 0.833. The number of carbonyl (C=O) groups excluding carboxylic acids is 1. The van der Waals surface area contributed by atoms with E-state index in [1.807, 2.05) is 0 Å². The van der Waals surface area contributed by atoms with E-state index in [4.69, 9.17) is 0 Å². The van der Waals surface area contributed by atoms with E-state index in [1.165, 1.54) is 57.9 Å². The van der Waals surface area contributed by atoms with Crippen LogP contribution in [0.2, 0.25) is 0 Å². The zero-order valence-electron chi connectivity index (χ0n) is 13.7. The molecule has 21 heavy (non-hydrogen) atoms. The molecule has 1 amide bonds. The molecule has 3 heteroatoms.